The largest absolute Gasteiger partial charge is 0.497 e. The Kier molecular flexibility index (Phi) is 3.78. The van der Waals surface area contributed by atoms with Gasteiger partial charge in [-0.15, -0.1) is 0 Å². The van der Waals surface area contributed by atoms with E-state index in [2.05, 4.69) is 14.9 Å². The van der Waals surface area contributed by atoms with Gasteiger partial charge in [-0.3, -0.25) is 0 Å². The van der Waals surface area contributed by atoms with Gasteiger partial charge in [0.1, 0.15) is 29.0 Å². The molecular formula is C17H18N4O2. The first-order chi connectivity index (χ1) is 11.0. The molecule has 23 heavy (non-hydrogen) atoms. The summed E-state index contributed by atoms with van der Waals surface area (Å²) < 4.78 is 11.4. The van der Waals surface area contributed by atoms with Crippen molar-refractivity contribution < 1.29 is 9.47 Å². The van der Waals surface area contributed by atoms with Crippen LogP contribution in [0, 0.1) is 11.3 Å². The molecule has 0 amide bonds. The number of benzene rings is 1. The van der Waals surface area contributed by atoms with Gasteiger partial charge in [-0.2, -0.15) is 5.26 Å². The van der Waals surface area contributed by atoms with E-state index in [1.54, 1.807) is 13.3 Å². The number of hydrogen-bond acceptors (Lipinski definition) is 6. The predicted octanol–water partition coefficient (Wildman–Crippen LogP) is 2.53. The highest BCUT2D eigenvalue weighted by molar-refractivity contribution is 5.47. The van der Waals surface area contributed by atoms with Crippen molar-refractivity contribution in [2.45, 2.75) is 26.0 Å². The third-order valence-electron chi connectivity index (χ3n) is 3.66. The van der Waals surface area contributed by atoms with Gasteiger partial charge in [-0.1, -0.05) is 0 Å². The van der Waals surface area contributed by atoms with Crippen LogP contribution in [-0.4, -0.2) is 29.2 Å². The summed E-state index contributed by atoms with van der Waals surface area (Å²) in [6.07, 6.45) is 1.61. The number of ether oxygens (including phenoxy) is 2. The van der Waals surface area contributed by atoms with E-state index in [1.165, 1.54) is 0 Å². The summed E-state index contributed by atoms with van der Waals surface area (Å²) in [5, 5.41) is 9.00. The van der Waals surface area contributed by atoms with Gasteiger partial charge in [0.2, 0.25) is 5.82 Å². The van der Waals surface area contributed by atoms with E-state index in [1.807, 2.05) is 44.2 Å². The van der Waals surface area contributed by atoms with Crippen molar-refractivity contribution in [1.29, 1.82) is 5.26 Å². The Balaban J connectivity index is 2.01. The van der Waals surface area contributed by atoms with Gasteiger partial charge in [-0.05, 0) is 32.0 Å². The zero-order valence-corrected chi connectivity index (χ0v) is 13.4. The van der Waals surface area contributed by atoms with Gasteiger partial charge in [0.05, 0.1) is 13.7 Å². The van der Waals surface area contributed by atoms with Crippen LogP contribution in [0.25, 0.3) is 0 Å². The third-order valence-corrected chi connectivity index (χ3v) is 3.66. The van der Waals surface area contributed by atoms with E-state index in [0.29, 0.717) is 13.1 Å². The van der Waals surface area contributed by atoms with Crippen molar-refractivity contribution in [2.24, 2.45) is 0 Å². The average molecular weight is 310 g/mol. The van der Waals surface area contributed by atoms with Gasteiger partial charge in [-0.25, -0.2) is 9.97 Å². The quantitative estimate of drug-likeness (QED) is 0.849. The fourth-order valence-electron chi connectivity index (χ4n) is 2.68. The first-order valence-electron chi connectivity index (χ1n) is 7.35. The van der Waals surface area contributed by atoms with Gasteiger partial charge >= 0.3 is 0 Å². The SMILES string of the molecule is COc1ccc2c(c1)OC(C)(C)CN(c1ccnc(C#N)n1)C2. The summed E-state index contributed by atoms with van der Waals surface area (Å²) in [6, 6.07) is 9.61. The Morgan fingerprint density at radius 2 is 2.17 bits per heavy atom. The lowest BCUT2D eigenvalue weighted by molar-refractivity contribution is 0.120. The van der Waals surface area contributed by atoms with Crippen LogP contribution < -0.4 is 14.4 Å². The number of methoxy groups -OCH3 is 1. The van der Waals surface area contributed by atoms with E-state index in [0.717, 1.165) is 22.9 Å². The second-order valence-electron chi connectivity index (χ2n) is 6.04. The van der Waals surface area contributed by atoms with Crippen LogP contribution in [0.15, 0.2) is 30.5 Å². The molecule has 6 nitrogen and oxygen atoms in total. The Bertz CT molecular complexity index is 767. The molecule has 0 saturated heterocycles. The van der Waals surface area contributed by atoms with Gasteiger partial charge in [0.25, 0.3) is 0 Å². The van der Waals surface area contributed by atoms with Gasteiger partial charge in [0, 0.05) is 24.4 Å². The Hall–Kier alpha value is -2.81. The molecule has 0 aliphatic carbocycles. The smallest absolute Gasteiger partial charge is 0.234 e. The fraction of sp³-hybridized carbons (Fsp3) is 0.353. The normalized spacial score (nSPS) is 15.8. The lowest BCUT2D eigenvalue weighted by atomic mass is 10.1. The van der Waals surface area contributed by atoms with Crippen molar-refractivity contribution in [1.82, 2.24) is 9.97 Å². The molecule has 1 aliphatic heterocycles. The maximum absolute atomic E-state index is 9.00. The molecule has 2 heterocycles. The lowest BCUT2D eigenvalue weighted by Gasteiger charge is -2.30. The zero-order chi connectivity index (χ0) is 16.4. The molecule has 0 atom stereocenters. The second kappa shape index (κ2) is 5.76. The molecule has 0 fully saturated rings. The van der Waals surface area contributed by atoms with Crippen LogP contribution in [0.2, 0.25) is 0 Å². The van der Waals surface area contributed by atoms with Crippen LogP contribution in [0.1, 0.15) is 25.2 Å². The highest BCUT2D eigenvalue weighted by atomic mass is 16.5. The summed E-state index contributed by atoms with van der Waals surface area (Å²) in [5.74, 6) is 2.46. The van der Waals surface area contributed by atoms with Crippen molar-refractivity contribution in [2.75, 3.05) is 18.6 Å². The summed E-state index contributed by atoms with van der Waals surface area (Å²) >= 11 is 0. The first kappa shape index (κ1) is 15.1. The number of nitrogens with zero attached hydrogens (tertiary/aromatic N) is 4. The molecule has 1 aromatic carbocycles. The van der Waals surface area contributed by atoms with E-state index < -0.39 is 5.60 Å². The molecule has 0 radical (unpaired) electrons. The van der Waals surface area contributed by atoms with Crippen molar-refractivity contribution in [3.63, 3.8) is 0 Å². The van der Waals surface area contributed by atoms with Gasteiger partial charge < -0.3 is 14.4 Å². The molecule has 0 spiro atoms. The van der Waals surface area contributed by atoms with Gasteiger partial charge in [0.15, 0.2) is 0 Å². The van der Waals surface area contributed by atoms with Crippen LogP contribution in [0.4, 0.5) is 5.82 Å². The standard InChI is InChI=1S/C17H18N4O2/c1-17(2)11-21(16-6-7-19-15(9-18)20-16)10-12-4-5-13(22-3)8-14(12)23-17/h4-8H,10-11H2,1-3H3. The minimum atomic E-state index is -0.407. The highest BCUT2D eigenvalue weighted by Crippen LogP contribution is 2.33. The van der Waals surface area contributed by atoms with Crippen molar-refractivity contribution in [3.8, 4) is 17.6 Å². The average Bonchev–Trinajstić information content (AvgIpc) is 2.68. The van der Waals surface area contributed by atoms with E-state index >= 15 is 0 Å². The molecule has 0 bridgehead atoms. The number of anilines is 1. The molecule has 1 aliphatic rings. The molecule has 0 saturated carbocycles. The van der Waals surface area contributed by atoms with Crippen LogP contribution in [0.3, 0.4) is 0 Å². The number of aromatic nitrogens is 2. The zero-order valence-electron chi connectivity index (χ0n) is 13.4. The lowest BCUT2D eigenvalue weighted by Crippen LogP contribution is -2.41. The second-order valence-corrected chi connectivity index (χ2v) is 6.04. The highest BCUT2D eigenvalue weighted by Gasteiger charge is 2.30. The van der Waals surface area contributed by atoms with E-state index in [4.69, 9.17) is 14.7 Å². The molecular weight excluding hydrogens is 292 g/mol. The summed E-state index contributed by atoms with van der Waals surface area (Å²) in [6.45, 7) is 5.35. The Morgan fingerprint density at radius 1 is 1.35 bits per heavy atom. The summed E-state index contributed by atoms with van der Waals surface area (Å²) in [7, 11) is 1.64. The minimum absolute atomic E-state index is 0.167. The molecule has 0 N–H and O–H groups in total. The third kappa shape index (κ3) is 3.19. The molecule has 1 aromatic heterocycles. The molecule has 118 valence electrons. The molecule has 2 aromatic rings. The maximum atomic E-state index is 9.00. The monoisotopic (exact) mass is 310 g/mol. The molecule has 3 rings (SSSR count). The molecule has 6 heteroatoms. The first-order valence-corrected chi connectivity index (χ1v) is 7.35. The Labute approximate surface area is 135 Å². The van der Waals surface area contributed by atoms with Crippen molar-refractivity contribution in [3.05, 3.63) is 41.9 Å². The summed E-state index contributed by atoms with van der Waals surface area (Å²) in [4.78, 5) is 10.3. The number of hydrogen-bond donors (Lipinski definition) is 0. The number of rotatable bonds is 2. The number of fused-ring (bicyclic) bond motifs is 1. The van der Waals surface area contributed by atoms with Crippen LogP contribution in [-0.2, 0) is 6.54 Å². The Morgan fingerprint density at radius 3 is 2.91 bits per heavy atom. The predicted molar refractivity (Wildman–Crippen MR) is 85.5 cm³/mol. The summed E-state index contributed by atoms with van der Waals surface area (Å²) in [5.41, 5.74) is 0.642. The van der Waals surface area contributed by atoms with E-state index in [9.17, 15) is 0 Å². The fourth-order valence-corrected chi connectivity index (χ4v) is 2.68. The maximum Gasteiger partial charge on any atom is 0.234 e. The van der Waals surface area contributed by atoms with Crippen molar-refractivity contribution >= 4 is 5.82 Å². The van der Waals surface area contributed by atoms with Crippen LogP contribution >= 0.6 is 0 Å². The van der Waals surface area contributed by atoms with Crippen LogP contribution in [0.5, 0.6) is 11.5 Å². The molecule has 0 unspecified atom stereocenters. The van der Waals surface area contributed by atoms with E-state index in [-0.39, 0.29) is 5.82 Å². The number of nitriles is 1. The minimum Gasteiger partial charge on any atom is -0.497 e. The topological polar surface area (TPSA) is 71.3 Å².